The maximum absolute atomic E-state index is 10.1. The molecule has 0 aliphatic carbocycles. The van der Waals surface area contributed by atoms with Gasteiger partial charge in [-0.05, 0) is 64.9 Å². The summed E-state index contributed by atoms with van der Waals surface area (Å²) in [5.41, 5.74) is 10.0. The second-order valence-corrected chi connectivity index (χ2v) is 11.4. The summed E-state index contributed by atoms with van der Waals surface area (Å²) in [7, 11) is 2.10. The molecule has 0 radical (unpaired) electrons. The van der Waals surface area contributed by atoms with Crippen molar-refractivity contribution in [3.63, 3.8) is 0 Å². The van der Waals surface area contributed by atoms with Crippen LogP contribution in [0.1, 0.15) is 43.0 Å². The van der Waals surface area contributed by atoms with Crippen molar-refractivity contribution in [3.8, 4) is 28.5 Å². The van der Waals surface area contributed by atoms with Crippen molar-refractivity contribution in [2.24, 2.45) is 7.05 Å². The lowest BCUT2D eigenvalue weighted by atomic mass is 9.83. The van der Waals surface area contributed by atoms with Crippen LogP contribution in [0.2, 0.25) is 0 Å². The average molecular weight is 496 g/mol. The van der Waals surface area contributed by atoms with Crippen LogP contribution in [0.4, 0.5) is 0 Å². The minimum atomic E-state index is 0.0215. The summed E-state index contributed by atoms with van der Waals surface area (Å²) in [6.45, 7) is 11.1. The molecular formula is C35H31N2O+. The highest BCUT2D eigenvalue weighted by atomic mass is 16.3. The molecule has 0 saturated carbocycles. The molecule has 6 rings (SSSR count). The van der Waals surface area contributed by atoms with Crippen LogP contribution in [-0.2, 0) is 12.5 Å². The largest absolute Gasteiger partial charge is 0.454 e. The van der Waals surface area contributed by atoms with Crippen LogP contribution in [0.25, 0.3) is 55.1 Å². The van der Waals surface area contributed by atoms with Crippen LogP contribution >= 0.6 is 0 Å². The van der Waals surface area contributed by atoms with Gasteiger partial charge in [0.05, 0.1) is 17.2 Å². The fourth-order valence-corrected chi connectivity index (χ4v) is 5.88. The molecule has 0 atom stereocenters. The van der Waals surface area contributed by atoms with E-state index in [-0.39, 0.29) is 5.41 Å². The average Bonchev–Trinajstić information content (AvgIpc) is 3.26. The van der Waals surface area contributed by atoms with Gasteiger partial charge in [-0.15, -0.1) is 0 Å². The van der Waals surface area contributed by atoms with Gasteiger partial charge in [-0.2, -0.15) is 5.26 Å². The van der Waals surface area contributed by atoms with Gasteiger partial charge in [0.1, 0.15) is 18.2 Å². The third kappa shape index (κ3) is 3.68. The molecule has 186 valence electrons. The van der Waals surface area contributed by atoms with E-state index < -0.39 is 0 Å². The molecule has 2 aromatic heterocycles. The molecule has 0 unspecified atom stereocenters. The van der Waals surface area contributed by atoms with E-state index in [1.165, 1.54) is 16.5 Å². The SMILES string of the molecule is Cc1c[n+](C)c(-c2c(C)ccc3c2oc2c(-c4ccc5ccccc5c4)c(C#N)ccc23)cc1C(C)(C)C. The third-order valence-corrected chi connectivity index (χ3v) is 7.71. The van der Waals surface area contributed by atoms with Crippen LogP contribution in [0.15, 0.2) is 83.4 Å². The first-order valence-electron chi connectivity index (χ1n) is 13.1. The smallest absolute Gasteiger partial charge is 0.216 e. The Balaban J connectivity index is 1.69. The summed E-state index contributed by atoms with van der Waals surface area (Å²) in [5.74, 6) is 0. The number of nitrogens with zero attached hydrogens (tertiary/aromatic N) is 2. The Morgan fingerprint density at radius 2 is 1.45 bits per heavy atom. The Kier molecular flexibility index (Phi) is 5.40. The van der Waals surface area contributed by atoms with Crippen molar-refractivity contribution in [2.75, 3.05) is 0 Å². The second kappa shape index (κ2) is 8.57. The molecule has 0 fully saturated rings. The number of pyridine rings is 1. The molecule has 4 aromatic carbocycles. The molecule has 0 N–H and O–H groups in total. The molecule has 0 amide bonds. The first-order valence-corrected chi connectivity index (χ1v) is 13.1. The van der Waals surface area contributed by atoms with E-state index in [2.05, 4.69) is 107 Å². The highest BCUT2D eigenvalue weighted by molar-refractivity contribution is 6.14. The van der Waals surface area contributed by atoms with Gasteiger partial charge in [-0.1, -0.05) is 69.3 Å². The minimum absolute atomic E-state index is 0.0215. The van der Waals surface area contributed by atoms with Crippen LogP contribution in [0, 0.1) is 25.2 Å². The summed E-state index contributed by atoms with van der Waals surface area (Å²) >= 11 is 0. The molecule has 0 saturated heterocycles. The first kappa shape index (κ1) is 23.9. The maximum atomic E-state index is 10.1. The molecular weight excluding hydrogens is 464 g/mol. The predicted molar refractivity (Wildman–Crippen MR) is 156 cm³/mol. The van der Waals surface area contributed by atoms with Crippen molar-refractivity contribution in [1.29, 1.82) is 5.26 Å². The normalized spacial score (nSPS) is 11.9. The number of hydrogen-bond acceptors (Lipinski definition) is 2. The van der Waals surface area contributed by atoms with Gasteiger partial charge < -0.3 is 4.42 Å². The standard InChI is InChI=1S/C35H31N2O/c1-21-11-15-27-28-16-14-26(19-36)32(25-13-12-23-9-7-8-10-24(23)17-25)34(28)38-33(27)31(21)30-18-29(35(3,4)5)22(2)20-37(30)6/h7-18,20H,1-6H3/q+1. The lowest BCUT2D eigenvalue weighted by Gasteiger charge is -2.21. The molecule has 0 aliphatic heterocycles. The van der Waals surface area contributed by atoms with Crippen LogP contribution in [0.5, 0.6) is 0 Å². The van der Waals surface area contributed by atoms with E-state index in [4.69, 9.17) is 4.42 Å². The van der Waals surface area contributed by atoms with Gasteiger partial charge in [0.2, 0.25) is 5.69 Å². The Labute approximate surface area is 223 Å². The summed E-state index contributed by atoms with van der Waals surface area (Å²) in [4.78, 5) is 0. The molecule has 38 heavy (non-hydrogen) atoms. The van der Waals surface area contributed by atoms with Crippen LogP contribution in [-0.4, -0.2) is 0 Å². The Hall–Kier alpha value is -4.42. The van der Waals surface area contributed by atoms with Crippen molar-refractivity contribution in [3.05, 3.63) is 101 Å². The van der Waals surface area contributed by atoms with Crippen LogP contribution in [0.3, 0.4) is 0 Å². The Morgan fingerprint density at radius 1 is 0.763 bits per heavy atom. The van der Waals surface area contributed by atoms with Crippen molar-refractivity contribution in [2.45, 2.75) is 40.0 Å². The summed E-state index contributed by atoms with van der Waals surface area (Å²) < 4.78 is 9.00. The van der Waals surface area contributed by atoms with Crippen molar-refractivity contribution in [1.82, 2.24) is 0 Å². The molecule has 3 nitrogen and oxygen atoms in total. The van der Waals surface area contributed by atoms with Gasteiger partial charge >= 0.3 is 0 Å². The van der Waals surface area contributed by atoms with E-state index >= 15 is 0 Å². The zero-order valence-corrected chi connectivity index (χ0v) is 22.8. The quantitative estimate of drug-likeness (QED) is 0.225. The van der Waals surface area contributed by atoms with E-state index in [1.54, 1.807) is 0 Å². The summed E-state index contributed by atoms with van der Waals surface area (Å²) in [6, 6.07) is 27.7. The molecule has 0 aliphatic rings. The lowest BCUT2D eigenvalue weighted by Crippen LogP contribution is -2.33. The summed E-state index contributed by atoms with van der Waals surface area (Å²) in [6.07, 6.45) is 2.21. The van der Waals surface area contributed by atoms with E-state index in [0.29, 0.717) is 5.56 Å². The molecule has 6 aromatic rings. The molecule has 0 spiro atoms. The first-order chi connectivity index (χ1) is 18.2. The minimum Gasteiger partial charge on any atom is -0.454 e. The van der Waals surface area contributed by atoms with Crippen LogP contribution < -0.4 is 4.57 Å². The number of fused-ring (bicyclic) bond motifs is 4. The highest BCUT2D eigenvalue weighted by Gasteiger charge is 2.27. The molecule has 0 bridgehead atoms. The maximum Gasteiger partial charge on any atom is 0.216 e. The third-order valence-electron chi connectivity index (χ3n) is 7.71. The number of benzene rings is 4. The Bertz CT molecular complexity index is 1940. The van der Waals surface area contributed by atoms with Gasteiger partial charge in [0.15, 0.2) is 6.20 Å². The van der Waals surface area contributed by atoms with Gasteiger partial charge in [-0.25, -0.2) is 4.57 Å². The zero-order valence-electron chi connectivity index (χ0n) is 22.8. The number of furan rings is 1. The number of aryl methyl sites for hydroxylation is 3. The number of aromatic nitrogens is 1. The predicted octanol–water partition coefficient (Wildman–Crippen LogP) is 8.68. The fraction of sp³-hybridized carbons (Fsp3) is 0.200. The second-order valence-electron chi connectivity index (χ2n) is 11.4. The lowest BCUT2D eigenvalue weighted by molar-refractivity contribution is -0.660. The summed E-state index contributed by atoms with van der Waals surface area (Å²) in [5, 5.41) is 14.5. The number of rotatable bonds is 2. The highest BCUT2D eigenvalue weighted by Crippen LogP contribution is 2.42. The van der Waals surface area contributed by atoms with E-state index in [0.717, 1.165) is 55.3 Å². The topological polar surface area (TPSA) is 40.8 Å². The van der Waals surface area contributed by atoms with Gasteiger partial charge in [0, 0.05) is 28.0 Å². The fourth-order valence-electron chi connectivity index (χ4n) is 5.88. The van der Waals surface area contributed by atoms with Crippen molar-refractivity contribution < 1.29 is 8.98 Å². The Morgan fingerprint density at radius 3 is 2.16 bits per heavy atom. The monoisotopic (exact) mass is 495 g/mol. The number of nitriles is 1. The van der Waals surface area contributed by atoms with Crippen molar-refractivity contribution >= 4 is 32.7 Å². The number of hydrogen-bond donors (Lipinski definition) is 0. The van der Waals surface area contributed by atoms with E-state index in [9.17, 15) is 5.26 Å². The zero-order chi connectivity index (χ0) is 26.8. The molecule has 2 heterocycles. The molecule has 3 heteroatoms. The van der Waals surface area contributed by atoms with Gasteiger partial charge in [-0.3, -0.25) is 0 Å². The van der Waals surface area contributed by atoms with E-state index in [1.807, 2.05) is 24.3 Å². The van der Waals surface area contributed by atoms with Gasteiger partial charge in [0.25, 0.3) is 0 Å².